The van der Waals surface area contributed by atoms with E-state index >= 15 is 0 Å². The van der Waals surface area contributed by atoms with Crippen LogP contribution in [0.5, 0.6) is 0 Å². The Morgan fingerprint density at radius 3 is 2.61 bits per heavy atom. The number of aryl methyl sites for hydroxylation is 1. The molecule has 1 saturated heterocycles. The zero-order valence-electron chi connectivity index (χ0n) is 13.4. The van der Waals surface area contributed by atoms with E-state index in [1.165, 1.54) is 5.56 Å². The zero-order chi connectivity index (χ0) is 16.6. The number of likely N-dealkylation sites (tertiary alicyclic amines) is 1. The summed E-state index contributed by atoms with van der Waals surface area (Å²) in [6.07, 6.45) is 0. The van der Waals surface area contributed by atoms with Gasteiger partial charge in [-0.1, -0.05) is 41.9 Å². The SMILES string of the molecule is Cc1nn(CC(=O)N2C[C@@H](N)[C@H](c3ccccc3)C2)c(C)c1Cl. The zero-order valence-corrected chi connectivity index (χ0v) is 14.1. The summed E-state index contributed by atoms with van der Waals surface area (Å²) in [6, 6.07) is 10.1. The van der Waals surface area contributed by atoms with E-state index in [9.17, 15) is 4.79 Å². The van der Waals surface area contributed by atoms with Gasteiger partial charge < -0.3 is 10.6 Å². The van der Waals surface area contributed by atoms with Crippen LogP contribution < -0.4 is 5.73 Å². The third kappa shape index (κ3) is 3.12. The molecule has 2 atom stereocenters. The number of carbonyl (C=O) groups is 1. The van der Waals surface area contributed by atoms with Gasteiger partial charge in [-0.05, 0) is 19.4 Å². The highest BCUT2D eigenvalue weighted by Crippen LogP contribution is 2.27. The van der Waals surface area contributed by atoms with Crippen molar-refractivity contribution < 1.29 is 4.79 Å². The minimum atomic E-state index is -0.0367. The van der Waals surface area contributed by atoms with Gasteiger partial charge in [0.25, 0.3) is 0 Å². The average Bonchev–Trinajstić information content (AvgIpc) is 3.05. The van der Waals surface area contributed by atoms with Crippen LogP contribution in [0.4, 0.5) is 0 Å². The van der Waals surface area contributed by atoms with E-state index in [0.29, 0.717) is 18.1 Å². The Morgan fingerprint density at radius 1 is 1.30 bits per heavy atom. The first-order chi connectivity index (χ1) is 11.0. The van der Waals surface area contributed by atoms with Crippen LogP contribution in [0, 0.1) is 13.8 Å². The maximum Gasteiger partial charge on any atom is 0.244 e. The number of rotatable bonds is 3. The molecule has 122 valence electrons. The largest absolute Gasteiger partial charge is 0.339 e. The summed E-state index contributed by atoms with van der Waals surface area (Å²) >= 11 is 6.14. The van der Waals surface area contributed by atoms with E-state index in [2.05, 4.69) is 17.2 Å². The predicted octanol–water partition coefficient (Wildman–Crippen LogP) is 2.11. The normalized spacial score (nSPS) is 21.0. The molecule has 2 N–H and O–H groups in total. The third-order valence-electron chi connectivity index (χ3n) is 4.52. The Labute approximate surface area is 141 Å². The molecule has 2 aromatic rings. The molecule has 1 aromatic heterocycles. The predicted molar refractivity (Wildman–Crippen MR) is 90.4 cm³/mol. The second kappa shape index (κ2) is 6.34. The molecule has 3 rings (SSSR count). The molecule has 0 unspecified atom stereocenters. The van der Waals surface area contributed by atoms with Crippen molar-refractivity contribution in [3.8, 4) is 0 Å². The number of aromatic nitrogens is 2. The summed E-state index contributed by atoms with van der Waals surface area (Å²) in [5.41, 5.74) is 9.01. The van der Waals surface area contributed by atoms with Crippen molar-refractivity contribution in [2.45, 2.75) is 32.4 Å². The van der Waals surface area contributed by atoms with Crippen LogP contribution in [-0.4, -0.2) is 39.7 Å². The van der Waals surface area contributed by atoms with Crippen molar-refractivity contribution >= 4 is 17.5 Å². The Hall–Kier alpha value is -1.85. The number of nitrogens with two attached hydrogens (primary N) is 1. The Bertz CT molecular complexity index is 713. The van der Waals surface area contributed by atoms with Gasteiger partial charge in [0.1, 0.15) is 6.54 Å². The van der Waals surface area contributed by atoms with Gasteiger partial charge in [-0.15, -0.1) is 0 Å². The van der Waals surface area contributed by atoms with Gasteiger partial charge in [-0.2, -0.15) is 5.10 Å². The van der Waals surface area contributed by atoms with E-state index < -0.39 is 0 Å². The van der Waals surface area contributed by atoms with Crippen LogP contribution in [0.15, 0.2) is 30.3 Å². The summed E-state index contributed by atoms with van der Waals surface area (Å²) < 4.78 is 1.67. The van der Waals surface area contributed by atoms with E-state index in [1.807, 2.05) is 36.9 Å². The lowest BCUT2D eigenvalue weighted by Gasteiger charge is -2.17. The molecule has 6 heteroatoms. The molecule has 1 amide bonds. The average molecular weight is 333 g/mol. The van der Waals surface area contributed by atoms with Gasteiger partial charge in [-0.25, -0.2) is 0 Å². The van der Waals surface area contributed by atoms with Crippen molar-refractivity contribution in [2.24, 2.45) is 5.73 Å². The molecule has 1 fully saturated rings. The summed E-state index contributed by atoms with van der Waals surface area (Å²) in [7, 11) is 0. The number of hydrogen-bond acceptors (Lipinski definition) is 3. The summed E-state index contributed by atoms with van der Waals surface area (Å²) in [6.45, 7) is 5.14. The molecule has 1 aromatic carbocycles. The second-order valence-corrected chi connectivity index (χ2v) is 6.50. The number of halogens is 1. The molecule has 2 heterocycles. The van der Waals surface area contributed by atoms with Gasteiger partial charge in [-0.3, -0.25) is 9.48 Å². The number of amides is 1. The Balaban J connectivity index is 1.70. The summed E-state index contributed by atoms with van der Waals surface area (Å²) in [5, 5.41) is 4.95. The lowest BCUT2D eigenvalue weighted by atomic mass is 9.95. The smallest absolute Gasteiger partial charge is 0.244 e. The fourth-order valence-electron chi connectivity index (χ4n) is 3.14. The number of nitrogens with zero attached hydrogens (tertiary/aromatic N) is 3. The number of benzene rings is 1. The third-order valence-corrected chi connectivity index (χ3v) is 5.07. The minimum Gasteiger partial charge on any atom is -0.339 e. The van der Waals surface area contributed by atoms with Crippen molar-refractivity contribution in [3.63, 3.8) is 0 Å². The minimum absolute atomic E-state index is 0.0288. The van der Waals surface area contributed by atoms with E-state index in [4.69, 9.17) is 17.3 Å². The molecular formula is C17H21ClN4O. The Kier molecular flexibility index (Phi) is 4.41. The fraction of sp³-hybridized carbons (Fsp3) is 0.412. The van der Waals surface area contributed by atoms with Gasteiger partial charge in [0.2, 0.25) is 5.91 Å². The number of hydrogen-bond donors (Lipinski definition) is 1. The summed E-state index contributed by atoms with van der Waals surface area (Å²) in [4.78, 5) is 14.4. The van der Waals surface area contributed by atoms with Gasteiger partial charge in [0.05, 0.1) is 16.4 Å². The maximum atomic E-state index is 12.6. The second-order valence-electron chi connectivity index (χ2n) is 6.12. The molecule has 0 saturated carbocycles. The van der Waals surface area contributed by atoms with Crippen LogP contribution in [0.2, 0.25) is 5.02 Å². The van der Waals surface area contributed by atoms with Crippen LogP contribution in [0.3, 0.4) is 0 Å². The van der Waals surface area contributed by atoms with E-state index in [1.54, 1.807) is 4.68 Å². The van der Waals surface area contributed by atoms with Gasteiger partial charge >= 0.3 is 0 Å². The molecule has 0 radical (unpaired) electrons. The number of carbonyl (C=O) groups excluding carboxylic acids is 1. The molecule has 5 nitrogen and oxygen atoms in total. The van der Waals surface area contributed by atoms with Crippen LogP contribution >= 0.6 is 11.6 Å². The first kappa shape index (κ1) is 16.0. The molecule has 0 spiro atoms. The van der Waals surface area contributed by atoms with Crippen molar-refractivity contribution in [2.75, 3.05) is 13.1 Å². The molecule has 0 aliphatic carbocycles. The first-order valence-corrected chi connectivity index (χ1v) is 8.13. The highest BCUT2D eigenvalue weighted by Gasteiger charge is 2.34. The van der Waals surface area contributed by atoms with Crippen molar-refractivity contribution in [1.82, 2.24) is 14.7 Å². The highest BCUT2D eigenvalue weighted by atomic mass is 35.5. The quantitative estimate of drug-likeness (QED) is 0.936. The highest BCUT2D eigenvalue weighted by molar-refractivity contribution is 6.31. The van der Waals surface area contributed by atoms with Crippen molar-refractivity contribution in [1.29, 1.82) is 0 Å². The topological polar surface area (TPSA) is 64.2 Å². The van der Waals surface area contributed by atoms with Gasteiger partial charge in [0.15, 0.2) is 0 Å². The molecular weight excluding hydrogens is 312 g/mol. The van der Waals surface area contributed by atoms with E-state index in [-0.39, 0.29) is 24.4 Å². The summed E-state index contributed by atoms with van der Waals surface area (Å²) in [5.74, 6) is 0.213. The molecule has 1 aliphatic heterocycles. The monoisotopic (exact) mass is 332 g/mol. The first-order valence-electron chi connectivity index (χ1n) is 7.75. The molecule has 23 heavy (non-hydrogen) atoms. The lowest BCUT2D eigenvalue weighted by Crippen LogP contribution is -2.34. The van der Waals surface area contributed by atoms with E-state index in [0.717, 1.165) is 11.4 Å². The van der Waals surface area contributed by atoms with Crippen LogP contribution in [0.25, 0.3) is 0 Å². The molecule has 1 aliphatic rings. The van der Waals surface area contributed by atoms with Gasteiger partial charge in [0, 0.05) is 25.0 Å². The van der Waals surface area contributed by atoms with Crippen LogP contribution in [0.1, 0.15) is 22.9 Å². The standard InChI is InChI=1S/C17H21ClN4O/c1-11-17(18)12(2)22(20-11)10-16(23)21-8-14(15(19)9-21)13-6-4-3-5-7-13/h3-7,14-15H,8-10,19H2,1-2H3/t14-,15+/m0/s1. The van der Waals surface area contributed by atoms with Crippen LogP contribution in [-0.2, 0) is 11.3 Å². The maximum absolute atomic E-state index is 12.6. The fourth-order valence-corrected chi connectivity index (χ4v) is 3.28. The lowest BCUT2D eigenvalue weighted by molar-refractivity contribution is -0.131. The Morgan fingerprint density at radius 2 is 2.00 bits per heavy atom. The van der Waals surface area contributed by atoms with Crippen molar-refractivity contribution in [3.05, 3.63) is 52.3 Å². The molecule has 0 bridgehead atoms.